The number of nitrogens with zero attached hydrogens (tertiary/aromatic N) is 1. The molecule has 0 bridgehead atoms. The Hall–Kier alpha value is -1.71. The number of anilines is 2. The Kier molecular flexibility index (Phi) is 3.20. The van der Waals surface area contributed by atoms with Crippen molar-refractivity contribution in [3.8, 4) is 5.75 Å². The van der Waals surface area contributed by atoms with Crippen LogP contribution >= 0.6 is 0 Å². The van der Waals surface area contributed by atoms with E-state index < -0.39 is 6.10 Å². The third kappa shape index (κ3) is 1.92. The maximum absolute atomic E-state index is 12.1. The van der Waals surface area contributed by atoms with Gasteiger partial charge in [-0.25, -0.2) is 0 Å². The van der Waals surface area contributed by atoms with Gasteiger partial charge in [-0.15, -0.1) is 0 Å². The van der Waals surface area contributed by atoms with Gasteiger partial charge in [0.1, 0.15) is 0 Å². The van der Waals surface area contributed by atoms with Gasteiger partial charge in [-0.3, -0.25) is 4.79 Å². The van der Waals surface area contributed by atoms with Crippen LogP contribution in [0.5, 0.6) is 5.75 Å². The van der Waals surface area contributed by atoms with Gasteiger partial charge in [0.05, 0.1) is 11.4 Å². The molecule has 1 unspecified atom stereocenters. The van der Waals surface area contributed by atoms with Crippen LogP contribution in [0.15, 0.2) is 12.1 Å². The number of carbonyl (C=O) groups is 1. The fraction of sp³-hybridized carbons (Fsp3) is 0.500. The standard InChI is InChI=1S/C14H20N2O2/c1-5-12-14(17)16(4)11-7-9(8(2)3)6-10(15)13(11)18-12/h6-8,12H,5,15H2,1-4H3. The van der Waals surface area contributed by atoms with Gasteiger partial charge in [-0.1, -0.05) is 20.8 Å². The van der Waals surface area contributed by atoms with Crippen LogP contribution in [0.3, 0.4) is 0 Å². The molecule has 1 amide bonds. The predicted molar refractivity (Wildman–Crippen MR) is 73.1 cm³/mol. The van der Waals surface area contributed by atoms with Crippen LogP contribution in [0, 0.1) is 0 Å². The van der Waals surface area contributed by atoms with Crippen molar-refractivity contribution in [1.82, 2.24) is 0 Å². The number of benzene rings is 1. The van der Waals surface area contributed by atoms with Gasteiger partial charge in [0.2, 0.25) is 0 Å². The van der Waals surface area contributed by atoms with Crippen molar-refractivity contribution in [3.63, 3.8) is 0 Å². The number of hydrogen-bond donors (Lipinski definition) is 1. The summed E-state index contributed by atoms with van der Waals surface area (Å²) < 4.78 is 5.71. The van der Waals surface area contributed by atoms with Gasteiger partial charge in [-0.2, -0.15) is 0 Å². The Morgan fingerprint density at radius 2 is 2.11 bits per heavy atom. The third-order valence-electron chi connectivity index (χ3n) is 3.39. The lowest BCUT2D eigenvalue weighted by Gasteiger charge is -2.33. The lowest BCUT2D eigenvalue weighted by molar-refractivity contribution is -0.126. The molecule has 2 N–H and O–H groups in total. The SMILES string of the molecule is CCC1Oc2c(N)cc(C(C)C)cc2N(C)C1=O. The molecule has 1 aromatic carbocycles. The molecular formula is C14H20N2O2. The monoisotopic (exact) mass is 248 g/mol. The van der Waals surface area contributed by atoms with E-state index in [9.17, 15) is 4.79 Å². The Labute approximate surface area is 108 Å². The highest BCUT2D eigenvalue weighted by Crippen LogP contribution is 2.41. The van der Waals surface area contributed by atoms with E-state index in [-0.39, 0.29) is 5.91 Å². The second kappa shape index (κ2) is 4.52. The van der Waals surface area contributed by atoms with Gasteiger partial charge >= 0.3 is 0 Å². The Bertz CT molecular complexity index is 483. The van der Waals surface area contributed by atoms with Crippen LogP contribution in [0.2, 0.25) is 0 Å². The number of ether oxygens (including phenoxy) is 1. The van der Waals surface area contributed by atoms with Crippen LogP contribution in [0.1, 0.15) is 38.7 Å². The van der Waals surface area contributed by atoms with E-state index in [1.54, 1.807) is 11.9 Å². The van der Waals surface area contributed by atoms with Crippen molar-refractivity contribution < 1.29 is 9.53 Å². The summed E-state index contributed by atoms with van der Waals surface area (Å²) >= 11 is 0. The highest BCUT2D eigenvalue weighted by atomic mass is 16.5. The number of rotatable bonds is 2. The molecule has 1 aliphatic heterocycles. The van der Waals surface area contributed by atoms with E-state index in [2.05, 4.69) is 13.8 Å². The zero-order valence-electron chi connectivity index (χ0n) is 11.4. The van der Waals surface area contributed by atoms with Gasteiger partial charge < -0.3 is 15.4 Å². The minimum atomic E-state index is -0.422. The average Bonchev–Trinajstić information content (AvgIpc) is 2.33. The number of hydrogen-bond acceptors (Lipinski definition) is 3. The molecule has 0 fully saturated rings. The zero-order valence-corrected chi connectivity index (χ0v) is 11.4. The minimum absolute atomic E-state index is 0.00898. The van der Waals surface area contributed by atoms with Crippen LogP contribution in [0.4, 0.5) is 11.4 Å². The second-order valence-electron chi connectivity index (χ2n) is 5.03. The van der Waals surface area contributed by atoms with Gasteiger partial charge in [0.25, 0.3) is 5.91 Å². The van der Waals surface area contributed by atoms with Crippen LogP contribution < -0.4 is 15.4 Å². The Morgan fingerprint density at radius 1 is 1.44 bits per heavy atom. The van der Waals surface area contributed by atoms with Crippen molar-refractivity contribution >= 4 is 17.3 Å². The molecule has 1 heterocycles. The van der Waals surface area contributed by atoms with E-state index in [0.29, 0.717) is 23.8 Å². The van der Waals surface area contributed by atoms with E-state index in [4.69, 9.17) is 10.5 Å². The Balaban J connectivity index is 2.53. The summed E-state index contributed by atoms with van der Waals surface area (Å²) in [5.41, 5.74) is 8.53. The molecule has 1 atom stereocenters. The quantitative estimate of drug-likeness (QED) is 0.818. The Morgan fingerprint density at radius 3 is 2.67 bits per heavy atom. The third-order valence-corrected chi connectivity index (χ3v) is 3.39. The lowest BCUT2D eigenvalue weighted by Crippen LogP contribution is -2.43. The maximum atomic E-state index is 12.1. The molecule has 2 rings (SSSR count). The normalized spacial score (nSPS) is 18.8. The number of amides is 1. The molecule has 18 heavy (non-hydrogen) atoms. The molecule has 4 nitrogen and oxygen atoms in total. The van der Waals surface area contributed by atoms with Gasteiger partial charge in [0.15, 0.2) is 11.9 Å². The molecule has 1 aromatic rings. The number of nitrogen functional groups attached to an aromatic ring is 1. The van der Waals surface area contributed by atoms with Crippen molar-refractivity contribution in [1.29, 1.82) is 0 Å². The molecule has 0 aliphatic carbocycles. The summed E-state index contributed by atoms with van der Waals surface area (Å²) in [7, 11) is 1.77. The lowest BCUT2D eigenvalue weighted by atomic mass is 10.00. The van der Waals surface area contributed by atoms with E-state index in [1.807, 2.05) is 19.1 Å². The van der Waals surface area contributed by atoms with E-state index in [0.717, 1.165) is 11.3 Å². The first-order chi connectivity index (χ1) is 8.45. The molecule has 98 valence electrons. The first-order valence-electron chi connectivity index (χ1n) is 6.33. The molecule has 0 aromatic heterocycles. The first-order valence-corrected chi connectivity index (χ1v) is 6.33. The van der Waals surface area contributed by atoms with Crippen molar-refractivity contribution in [2.45, 2.75) is 39.2 Å². The number of likely N-dealkylation sites (N-methyl/N-ethyl adjacent to an activating group) is 1. The summed E-state index contributed by atoms with van der Waals surface area (Å²) in [4.78, 5) is 13.7. The predicted octanol–water partition coefficient (Wildman–Crippen LogP) is 2.53. The average molecular weight is 248 g/mol. The largest absolute Gasteiger partial charge is 0.476 e. The number of nitrogens with two attached hydrogens (primary N) is 1. The van der Waals surface area contributed by atoms with E-state index >= 15 is 0 Å². The summed E-state index contributed by atoms with van der Waals surface area (Å²) in [6.45, 7) is 6.13. The minimum Gasteiger partial charge on any atom is -0.476 e. The molecule has 4 heteroatoms. The number of fused-ring (bicyclic) bond motifs is 1. The molecule has 1 aliphatic rings. The highest BCUT2D eigenvalue weighted by Gasteiger charge is 2.32. The topological polar surface area (TPSA) is 55.6 Å². The molecular weight excluding hydrogens is 228 g/mol. The summed E-state index contributed by atoms with van der Waals surface area (Å²) in [5.74, 6) is 0.989. The van der Waals surface area contributed by atoms with Gasteiger partial charge in [0, 0.05) is 7.05 Å². The smallest absolute Gasteiger partial charge is 0.267 e. The van der Waals surface area contributed by atoms with Crippen molar-refractivity contribution in [3.05, 3.63) is 17.7 Å². The highest BCUT2D eigenvalue weighted by molar-refractivity contribution is 6.01. The molecule has 0 saturated carbocycles. The van der Waals surface area contributed by atoms with Crippen LogP contribution in [0.25, 0.3) is 0 Å². The number of carbonyl (C=O) groups excluding carboxylic acids is 1. The van der Waals surface area contributed by atoms with Crippen LogP contribution in [-0.2, 0) is 4.79 Å². The fourth-order valence-electron chi connectivity index (χ4n) is 2.15. The first kappa shape index (κ1) is 12.7. The van der Waals surface area contributed by atoms with Crippen molar-refractivity contribution in [2.24, 2.45) is 0 Å². The fourth-order valence-corrected chi connectivity index (χ4v) is 2.15. The summed E-state index contributed by atoms with van der Waals surface area (Å²) in [6.07, 6.45) is 0.225. The molecule has 0 saturated heterocycles. The summed E-state index contributed by atoms with van der Waals surface area (Å²) in [6, 6.07) is 3.92. The molecule has 0 radical (unpaired) electrons. The second-order valence-corrected chi connectivity index (χ2v) is 5.03. The summed E-state index contributed by atoms with van der Waals surface area (Å²) in [5, 5.41) is 0. The maximum Gasteiger partial charge on any atom is 0.267 e. The molecule has 0 spiro atoms. The van der Waals surface area contributed by atoms with Gasteiger partial charge in [-0.05, 0) is 30.0 Å². The van der Waals surface area contributed by atoms with E-state index in [1.165, 1.54) is 0 Å². The zero-order chi connectivity index (χ0) is 13.4. The van der Waals surface area contributed by atoms with Crippen molar-refractivity contribution in [2.75, 3.05) is 17.7 Å². The van der Waals surface area contributed by atoms with Crippen LogP contribution in [-0.4, -0.2) is 19.1 Å².